The molecular weight excluding hydrogens is 228 g/mol. The average molecular weight is 241 g/mol. The van der Waals surface area contributed by atoms with E-state index in [-0.39, 0.29) is 12.3 Å². The van der Waals surface area contributed by atoms with Gasteiger partial charge in [-0.3, -0.25) is 4.79 Å². The molecule has 1 aromatic carbocycles. The Kier molecular flexibility index (Phi) is 3.14. The summed E-state index contributed by atoms with van der Waals surface area (Å²) in [6.45, 7) is 0.947. The van der Waals surface area contributed by atoms with Gasteiger partial charge in [0.15, 0.2) is 0 Å². The number of halogens is 1. The highest BCUT2D eigenvalue weighted by atomic mass is 35.5. The molecule has 1 saturated heterocycles. The van der Waals surface area contributed by atoms with Crippen molar-refractivity contribution in [2.45, 2.75) is 12.0 Å². The van der Waals surface area contributed by atoms with Crippen LogP contribution in [0.1, 0.15) is 6.42 Å². The van der Waals surface area contributed by atoms with Crippen molar-refractivity contribution >= 4 is 23.2 Å². The summed E-state index contributed by atoms with van der Waals surface area (Å²) < 4.78 is 0. The smallest absolute Gasteiger partial charge is 0.227 e. The monoisotopic (exact) mass is 240 g/mol. The van der Waals surface area contributed by atoms with Crippen molar-refractivity contribution in [3.05, 3.63) is 29.3 Å². The van der Waals surface area contributed by atoms with Crippen molar-refractivity contribution in [2.24, 2.45) is 0 Å². The Morgan fingerprint density at radius 3 is 2.56 bits per heavy atom. The Hall–Kier alpha value is -1.10. The predicted molar refractivity (Wildman–Crippen MR) is 62.5 cm³/mol. The number of aliphatic hydroxyl groups is 1. The summed E-state index contributed by atoms with van der Waals surface area (Å²) in [6.07, 6.45) is 0.114. The van der Waals surface area contributed by atoms with Crippen LogP contribution in [0.3, 0.4) is 0 Å². The lowest BCUT2D eigenvalue weighted by atomic mass is 9.93. The maximum absolute atomic E-state index is 11.6. The van der Waals surface area contributed by atoms with Crippen LogP contribution in [0.25, 0.3) is 0 Å². The third-order valence-corrected chi connectivity index (χ3v) is 2.78. The molecule has 86 valence electrons. The van der Waals surface area contributed by atoms with E-state index in [4.69, 9.17) is 11.6 Å². The minimum Gasteiger partial charge on any atom is -0.387 e. The minimum absolute atomic E-state index is 0.114. The number of hydrogen-bond acceptors (Lipinski definition) is 3. The topological polar surface area (TPSA) is 61.4 Å². The lowest BCUT2D eigenvalue weighted by Crippen LogP contribution is -2.60. The summed E-state index contributed by atoms with van der Waals surface area (Å²) in [4.78, 5) is 11.6. The molecule has 1 aliphatic rings. The van der Waals surface area contributed by atoms with Gasteiger partial charge in [0.05, 0.1) is 12.0 Å². The zero-order valence-electron chi connectivity index (χ0n) is 8.66. The van der Waals surface area contributed by atoms with Crippen molar-refractivity contribution in [3.8, 4) is 0 Å². The molecule has 0 spiro atoms. The molecule has 4 nitrogen and oxygen atoms in total. The third kappa shape index (κ3) is 2.72. The molecule has 3 N–H and O–H groups in total. The zero-order chi connectivity index (χ0) is 11.6. The van der Waals surface area contributed by atoms with E-state index in [2.05, 4.69) is 10.6 Å². The number of rotatable bonds is 3. The number of β-amino-alcohol motifs (C(OH)–C–C–N with tert-alkyl or cyclic N) is 1. The normalized spacial score (nSPS) is 17.6. The first-order valence-electron chi connectivity index (χ1n) is 5.06. The molecule has 0 radical (unpaired) electrons. The van der Waals surface area contributed by atoms with E-state index in [0.717, 1.165) is 0 Å². The van der Waals surface area contributed by atoms with Gasteiger partial charge in [0, 0.05) is 23.8 Å². The molecule has 1 aliphatic heterocycles. The van der Waals surface area contributed by atoms with Crippen LogP contribution >= 0.6 is 11.6 Å². The highest BCUT2D eigenvalue weighted by molar-refractivity contribution is 6.30. The molecule has 1 heterocycles. The van der Waals surface area contributed by atoms with E-state index in [1.54, 1.807) is 24.3 Å². The van der Waals surface area contributed by atoms with Crippen LogP contribution in [0.4, 0.5) is 5.69 Å². The SMILES string of the molecule is O=C(CC1(O)CNC1)Nc1ccc(Cl)cc1. The Bertz CT molecular complexity index is 387. The fraction of sp³-hybridized carbons (Fsp3) is 0.364. The van der Waals surface area contributed by atoms with Crippen LogP contribution in [0.15, 0.2) is 24.3 Å². The number of nitrogens with one attached hydrogen (secondary N) is 2. The molecule has 16 heavy (non-hydrogen) atoms. The van der Waals surface area contributed by atoms with E-state index in [1.165, 1.54) is 0 Å². The third-order valence-electron chi connectivity index (χ3n) is 2.53. The molecule has 2 rings (SSSR count). The second-order valence-electron chi connectivity index (χ2n) is 4.06. The minimum atomic E-state index is -0.878. The second-order valence-corrected chi connectivity index (χ2v) is 4.50. The van der Waals surface area contributed by atoms with Crippen LogP contribution in [-0.2, 0) is 4.79 Å². The summed E-state index contributed by atoms with van der Waals surface area (Å²) in [5.41, 5.74) is -0.193. The number of carbonyl (C=O) groups excluding carboxylic acids is 1. The van der Waals surface area contributed by atoms with Crippen molar-refractivity contribution in [1.29, 1.82) is 0 Å². The second kappa shape index (κ2) is 4.41. The molecule has 0 aliphatic carbocycles. The van der Waals surface area contributed by atoms with Gasteiger partial charge in [-0.1, -0.05) is 11.6 Å². The summed E-state index contributed by atoms with van der Waals surface area (Å²) in [5.74, 6) is -0.189. The number of amides is 1. The van der Waals surface area contributed by atoms with Crippen LogP contribution < -0.4 is 10.6 Å². The highest BCUT2D eigenvalue weighted by Crippen LogP contribution is 2.18. The van der Waals surface area contributed by atoms with Gasteiger partial charge in [-0.05, 0) is 24.3 Å². The van der Waals surface area contributed by atoms with E-state index < -0.39 is 5.60 Å². The van der Waals surface area contributed by atoms with E-state index in [1.807, 2.05) is 0 Å². The van der Waals surface area contributed by atoms with Crippen LogP contribution in [0.2, 0.25) is 5.02 Å². The van der Waals surface area contributed by atoms with Gasteiger partial charge in [-0.2, -0.15) is 0 Å². The molecule has 1 amide bonds. The molecule has 5 heteroatoms. The van der Waals surface area contributed by atoms with Crippen LogP contribution in [-0.4, -0.2) is 29.7 Å². The highest BCUT2D eigenvalue weighted by Gasteiger charge is 2.36. The molecule has 0 aromatic heterocycles. The lowest BCUT2D eigenvalue weighted by Gasteiger charge is -2.36. The van der Waals surface area contributed by atoms with Gasteiger partial charge < -0.3 is 15.7 Å². The molecule has 0 unspecified atom stereocenters. The Morgan fingerprint density at radius 1 is 1.44 bits per heavy atom. The molecule has 1 fully saturated rings. The molecule has 0 bridgehead atoms. The van der Waals surface area contributed by atoms with E-state index in [0.29, 0.717) is 23.8 Å². The fourth-order valence-corrected chi connectivity index (χ4v) is 1.70. The standard InChI is InChI=1S/C11H13ClN2O2/c12-8-1-3-9(4-2-8)14-10(15)5-11(16)6-13-7-11/h1-4,13,16H,5-7H2,(H,14,15). The fourth-order valence-electron chi connectivity index (χ4n) is 1.58. The Balaban J connectivity index is 1.89. The van der Waals surface area contributed by atoms with Gasteiger partial charge in [0.25, 0.3) is 0 Å². The first-order chi connectivity index (χ1) is 7.57. The van der Waals surface area contributed by atoms with Crippen molar-refractivity contribution < 1.29 is 9.90 Å². The van der Waals surface area contributed by atoms with Gasteiger partial charge in [0.1, 0.15) is 0 Å². The van der Waals surface area contributed by atoms with Crippen LogP contribution in [0.5, 0.6) is 0 Å². The number of hydrogen-bond donors (Lipinski definition) is 3. The molecular formula is C11H13ClN2O2. The largest absolute Gasteiger partial charge is 0.387 e. The molecule has 0 atom stereocenters. The lowest BCUT2D eigenvalue weighted by molar-refractivity contribution is -0.123. The van der Waals surface area contributed by atoms with Gasteiger partial charge in [-0.25, -0.2) is 0 Å². The van der Waals surface area contributed by atoms with Crippen molar-refractivity contribution in [2.75, 3.05) is 18.4 Å². The molecule has 0 saturated carbocycles. The maximum Gasteiger partial charge on any atom is 0.227 e. The first-order valence-corrected chi connectivity index (χ1v) is 5.44. The summed E-state index contributed by atoms with van der Waals surface area (Å²) >= 11 is 5.73. The predicted octanol–water partition coefficient (Wildman–Crippen LogP) is 1.00. The quantitative estimate of drug-likeness (QED) is 0.739. The summed E-state index contributed by atoms with van der Waals surface area (Å²) in [5, 5.41) is 16.0. The van der Waals surface area contributed by atoms with Crippen molar-refractivity contribution in [3.63, 3.8) is 0 Å². The van der Waals surface area contributed by atoms with Gasteiger partial charge >= 0.3 is 0 Å². The number of anilines is 1. The first kappa shape index (κ1) is 11.4. The zero-order valence-corrected chi connectivity index (χ0v) is 9.42. The average Bonchev–Trinajstić information content (AvgIpc) is 2.19. The maximum atomic E-state index is 11.6. The Morgan fingerprint density at radius 2 is 2.06 bits per heavy atom. The number of benzene rings is 1. The summed E-state index contributed by atoms with van der Waals surface area (Å²) in [6, 6.07) is 6.86. The molecule has 1 aromatic rings. The van der Waals surface area contributed by atoms with Crippen LogP contribution in [0, 0.1) is 0 Å². The number of carbonyl (C=O) groups is 1. The van der Waals surface area contributed by atoms with E-state index in [9.17, 15) is 9.90 Å². The summed E-state index contributed by atoms with van der Waals surface area (Å²) in [7, 11) is 0. The van der Waals surface area contributed by atoms with Gasteiger partial charge in [-0.15, -0.1) is 0 Å². The van der Waals surface area contributed by atoms with Gasteiger partial charge in [0.2, 0.25) is 5.91 Å². The van der Waals surface area contributed by atoms with E-state index >= 15 is 0 Å². The Labute approximate surface area is 98.6 Å². The van der Waals surface area contributed by atoms with Crippen molar-refractivity contribution in [1.82, 2.24) is 5.32 Å².